The van der Waals surface area contributed by atoms with Gasteiger partial charge in [0.05, 0.1) is 38.7 Å². The maximum absolute atomic E-state index is 12.6. The number of para-hydroxylation sites is 2. The topological polar surface area (TPSA) is 55.2 Å². The van der Waals surface area contributed by atoms with Crippen LogP contribution in [-0.4, -0.2) is 52.9 Å². The summed E-state index contributed by atoms with van der Waals surface area (Å²) in [6, 6.07) is 15.9. The SMILES string of the molecule is COc1cccc(C[NH+](C)CC(=O)Nc2ccccc2N2CCOCC2)c1. The number of hydrogen-bond acceptors (Lipinski definition) is 4. The molecule has 0 radical (unpaired) electrons. The number of nitrogens with zero attached hydrogens (tertiary/aromatic N) is 1. The summed E-state index contributed by atoms with van der Waals surface area (Å²) >= 11 is 0. The second-order valence-electron chi connectivity index (χ2n) is 6.83. The number of anilines is 2. The molecule has 0 spiro atoms. The lowest BCUT2D eigenvalue weighted by Crippen LogP contribution is -3.08. The van der Waals surface area contributed by atoms with Crippen LogP contribution in [0.2, 0.25) is 0 Å². The number of amides is 1. The molecule has 1 heterocycles. The quantitative estimate of drug-likeness (QED) is 0.769. The molecule has 1 atom stereocenters. The van der Waals surface area contributed by atoms with Crippen molar-refractivity contribution in [3.63, 3.8) is 0 Å². The average Bonchev–Trinajstić information content (AvgIpc) is 2.69. The maximum atomic E-state index is 12.6. The Kier molecular flexibility index (Phi) is 6.68. The number of morpholine rings is 1. The third-order valence-electron chi connectivity index (χ3n) is 4.63. The highest BCUT2D eigenvalue weighted by Crippen LogP contribution is 2.26. The predicted octanol–water partition coefficient (Wildman–Crippen LogP) is 1.19. The Hall–Kier alpha value is -2.57. The molecule has 3 rings (SSSR count). The molecule has 2 N–H and O–H groups in total. The first-order valence-corrected chi connectivity index (χ1v) is 9.31. The largest absolute Gasteiger partial charge is 0.497 e. The van der Waals surface area contributed by atoms with Crippen LogP contribution in [0.5, 0.6) is 5.75 Å². The summed E-state index contributed by atoms with van der Waals surface area (Å²) in [4.78, 5) is 15.9. The number of methoxy groups -OCH3 is 1. The Balaban J connectivity index is 1.58. The van der Waals surface area contributed by atoms with E-state index >= 15 is 0 Å². The summed E-state index contributed by atoms with van der Waals surface area (Å²) in [6.07, 6.45) is 0. The van der Waals surface area contributed by atoms with Gasteiger partial charge in [-0.1, -0.05) is 24.3 Å². The number of quaternary nitrogens is 1. The number of carbonyl (C=O) groups is 1. The molecule has 1 amide bonds. The Morgan fingerprint density at radius 2 is 1.96 bits per heavy atom. The van der Waals surface area contributed by atoms with Gasteiger partial charge in [-0.15, -0.1) is 0 Å². The third-order valence-corrected chi connectivity index (χ3v) is 4.63. The number of nitrogens with one attached hydrogen (secondary N) is 2. The van der Waals surface area contributed by atoms with E-state index in [2.05, 4.69) is 16.3 Å². The highest BCUT2D eigenvalue weighted by Gasteiger charge is 2.17. The van der Waals surface area contributed by atoms with Crippen LogP contribution < -0.4 is 19.9 Å². The van der Waals surface area contributed by atoms with E-state index in [9.17, 15) is 4.79 Å². The summed E-state index contributed by atoms with van der Waals surface area (Å²) < 4.78 is 10.7. The lowest BCUT2D eigenvalue weighted by atomic mass is 10.2. The van der Waals surface area contributed by atoms with Gasteiger partial charge in [-0.2, -0.15) is 0 Å². The van der Waals surface area contributed by atoms with E-state index in [0.29, 0.717) is 6.54 Å². The number of hydrogen-bond donors (Lipinski definition) is 2. The first-order valence-electron chi connectivity index (χ1n) is 9.31. The lowest BCUT2D eigenvalue weighted by molar-refractivity contribution is -0.885. The van der Waals surface area contributed by atoms with Gasteiger partial charge >= 0.3 is 0 Å². The first-order chi connectivity index (χ1) is 13.2. The molecular formula is C21H28N3O3+. The zero-order valence-electron chi connectivity index (χ0n) is 16.0. The van der Waals surface area contributed by atoms with Crippen molar-refractivity contribution >= 4 is 17.3 Å². The van der Waals surface area contributed by atoms with Crippen molar-refractivity contribution < 1.29 is 19.2 Å². The fraction of sp³-hybridized carbons (Fsp3) is 0.381. The van der Waals surface area contributed by atoms with Crippen LogP contribution >= 0.6 is 0 Å². The molecule has 2 aromatic carbocycles. The molecule has 144 valence electrons. The summed E-state index contributed by atoms with van der Waals surface area (Å²) in [6.45, 7) is 4.28. The van der Waals surface area contributed by atoms with Gasteiger partial charge in [-0.25, -0.2) is 0 Å². The standard InChI is InChI=1S/C21H27N3O3/c1-23(15-17-6-5-7-18(14-17)26-2)16-21(25)22-19-8-3-4-9-20(19)24-10-12-27-13-11-24/h3-9,14H,10-13,15-16H2,1-2H3,(H,22,25)/p+1. The summed E-state index contributed by atoms with van der Waals surface area (Å²) in [5, 5.41) is 3.08. The molecule has 0 bridgehead atoms. The molecule has 1 unspecified atom stereocenters. The van der Waals surface area contributed by atoms with E-state index in [1.807, 2.05) is 49.5 Å². The zero-order chi connectivity index (χ0) is 19.1. The molecule has 1 aliphatic heterocycles. The van der Waals surface area contributed by atoms with E-state index in [4.69, 9.17) is 9.47 Å². The monoisotopic (exact) mass is 370 g/mol. The molecular weight excluding hydrogens is 342 g/mol. The van der Waals surface area contributed by atoms with E-state index in [0.717, 1.165) is 60.4 Å². The van der Waals surface area contributed by atoms with E-state index in [-0.39, 0.29) is 5.91 Å². The number of likely N-dealkylation sites (N-methyl/N-ethyl adjacent to an activating group) is 1. The van der Waals surface area contributed by atoms with Crippen LogP contribution in [0.4, 0.5) is 11.4 Å². The van der Waals surface area contributed by atoms with Gasteiger partial charge in [0.2, 0.25) is 0 Å². The highest BCUT2D eigenvalue weighted by atomic mass is 16.5. The minimum atomic E-state index is 0.0103. The molecule has 27 heavy (non-hydrogen) atoms. The van der Waals surface area contributed by atoms with Gasteiger partial charge in [0, 0.05) is 18.7 Å². The van der Waals surface area contributed by atoms with E-state index in [1.165, 1.54) is 0 Å². The fourth-order valence-corrected chi connectivity index (χ4v) is 3.32. The van der Waals surface area contributed by atoms with Crippen molar-refractivity contribution in [2.24, 2.45) is 0 Å². The second-order valence-corrected chi connectivity index (χ2v) is 6.83. The van der Waals surface area contributed by atoms with Crippen molar-refractivity contribution in [1.29, 1.82) is 0 Å². The summed E-state index contributed by atoms with van der Waals surface area (Å²) in [7, 11) is 3.68. The lowest BCUT2D eigenvalue weighted by Gasteiger charge is -2.30. The Labute approximate surface area is 160 Å². The van der Waals surface area contributed by atoms with Crippen molar-refractivity contribution in [1.82, 2.24) is 0 Å². The van der Waals surface area contributed by atoms with E-state index < -0.39 is 0 Å². The molecule has 0 aliphatic carbocycles. The molecule has 1 saturated heterocycles. The molecule has 1 fully saturated rings. The van der Waals surface area contributed by atoms with Crippen LogP contribution in [0.1, 0.15) is 5.56 Å². The van der Waals surface area contributed by atoms with Crippen LogP contribution in [0.25, 0.3) is 0 Å². The van der Waals surface area contributed by atoms with Gasteiger partial charge < -0.3 is 24.6 Å². The third kappa shape index (κ3) is 5.45. The fourth-order valence-electron chi connectivity index (χ4n) is 3.32. The minimum absolute atomic E-state index is 0.0103. The first kappa shape index (κ1) is 19.2. The molecule has 6 nitrogen and oxygen atoms in total. The summed E-state index contributed by atoms with van der Waals surface area (Å²) in [5.74, 6) is 0.847. The van der Waals surface area contributed by atoms with Gasteiger partial charge in [-0.05, 0) is 24.3 Å². The molecule has 1 aliphatic rings. The Morgan fingerprint density at radius 1 is 1.19 bits per heavy atom. The number of rotatable bonds is 7. The Morgan fingerprint density at radius 3 is 2.74 bits per heavy atom. The van der Waals surface area contributed by atoms with Crippen LogP contribution in [0.15, 0.2) is 48.5 Å². The van der Waals surface area contributed by atoms with Gasteiger partial charge in [0.25, 0.3) is 5.91 Å². The van der Waals surface area contributed by atoms with Crippen LogP contribution in [-0.2, 0) is 16.1 Å². The van der Waals surface area contributed by atoms with Gasteiger partial charge in [-0.3, -0.25) is 4.79 Å². The van der Waals surface area contributed by atoms with Crippen molar-refractivity contribution in [2.45, 2.75) is 6.54 Å². The number of ether oxygens (including phenoxy) is 2. The van der Waals surface area contributed by atoms with Crippen LogP contribution in [0.3, 0.4) is 0 Å². The highest BCUT2D eigenvalue weighted by molar-refractivity contribution is 5.95. The maximum Gasteiger partial charge on any atom is 0.279 e. The smallest absolute Gasteiger partial charge is 0.279 e. The molecule has 0 saturated carbocycles. The van der Waals surface area contributed by atoms with Gasteiger partial charge in [0.1, 0.15) is 12.3 Å². The normalized spacial score (nSPS) is 15.3. The molecule has 6 heteroatoms. The van der Waals surface area contributed by atoms with Crippen molar-refractivity contribution in [2.75, 3.05) is 57.2 Å². The zero-order valence-corrected chi connectivity index (χ0v) is 16.0. The average molecular weight is 370 g/mol. The summed E-state index contributed by atoms with van der Waals surface area (Å²) in [5.41, 5.74) is 3.06. The number of carbonyl (C=O) groups excluding carboxylic acids is 1. The predicted molar refractivity (Wildman–Crippen MR) is 107 cm³/mol. The van der Waals surface area contributed by atoms with Gasteiger partial charge in [0.15, 0.2) is 6.54 Å². The Bertz CT molecular complexity index is 760. The molecule has 0 aromatic heterocycles. The van der Waals surface area contributed by atoms with Crippen molar-refractivity contribution in [3.05, 3.63) is 54.1 Å². The van der Waals surface area contributed by atoms with E-state index in [1.54, 1.807) is 7.11 Å². The molecule has 2 aromatic rings. The van der Waals surface area contributed by atoms with Crippen molar-refractivity contribution in [3.8, 4) is 5.75 Å². The van der Waals surface area contributed by atoms with Crippen LogP contribution in [0, 0.1) is 0 Å². The minimum Gasteiger partial charge on any atom is -0.497 e. The second kappa shape index (κ2) is 9.39. The number of benzene rings is 2.